The first-order chi connectivity index (χ1) is 16.0. The molecule has 0 unspecified atom stereocenters. The number of hydrogen-bond donors (Lipinski definition) is 1. The number of nitrogens with zero attached hydrogens (tertiary/aromatic N) is 1. The van der Waals surface area contributed by atoms with Crippen LogP contribution in [0.25, 0.3) is 11.3 Å². The summed E-state index contributed by atoms with van der Waals surface area (Å²) in [6, 6.07) is 18.7. The lowest BCUT2D eigenvalue weighted by molar-refractivity contribution is -0.142. The number of hydrogen-bond acceptors (Lipinski definition) is 5. The second-order valence-electron chi connectivity index (χ2n) is 7.84. The molecular weight excluding hydrogens is 422 g/mol. The van der Waals surface area contributed by atoms with E-state index in [1.807, 2.05) is 74.5 Å². The molecule has 174 valence electrons. The van der Waals surface area contributed by atoms with Gasteiger partial charge < -0.3 is 23.9 Å². The Balaban J connectivity index is 1.64. The van der Waals surface area contributed by atoms with Gasteiger partial charge in [0.05, 0.1) is 19.5 Å². The Morgan fingerprint density at radius 3 is 2.42 bits per heavy atom. The van der Waals surface area contributed by atoms with Crippen molar-refractivity contribution in [1.29, 1.82) is 0 Å². The molecule has 0 aliphatic carbocycles. The maximum Gasteiger partial charge on any atom is 0.329 e. The molecule has 0 fully saturated rings. The van der Waals surface area contributed by atoms with Crippen LogP contribution in [0.1, 0.15) is 36.2 Å². The van der Waals surface area contributed by atoms with E-state index in [1.165, 1.54) is 0 Å². The summed E-state index contributed by atoms with van der Waals surface area (Å²) in [5.74, 6) is 0.402. The number of carbonyl (C=O) groups excluding carboxylic acids is 1. The maximum absolute atomic E-state index is 13.3. The molecule has 1 heterocycles. The fourth-order valence-corrected chi connectivity index (χ4v) is 3.34. The maximum atomic E-state index is 13.3. The van der Waals surface area contributed by atoms with E-state index in [4.69, 9.17) is 19.0 Å². The van der Waals surface area contributed by atoms with Gasteiger partial charge in [0.15, 0.2) is 0 Å². The van der Waals surface area contributed by atoms with Gasteiger partial charge >= 0.3 is 5.97 Å². The van der Waals surface area contributed by atoms with Crippen LogP contribution in [0.2, 0.25) is 0 Å². The number of rotatable bonds is 12. The Morgan fingerprint density at radius 1 is 1.00 bits per heavy atom. The van der Waals surface area contributed by atoms with Gasteiger partial charge in [-0.05, 0) is 44.2 Å². The zero-order valence-corrected chi connectivity index (χ0v) is 18.9. The SMILES string of the molecule is CC(C)N(Cc1ccccc1OCCCOCC(=O)O)C(=O)c1ccc(-c2ccco2)cc1. The predicted molar refractivity (Wildman–Crippen MR) is 124 cm³/mol. The Labute approximate surface area is 193 Å². The molecule has 0 saturated heterocycles. The topological polar surface area (TPSA) is 89.2 Å². The smallest absolute Gasteiger partial charge is 0.329 e. The number of carboxylic acids is 1. The third kappa shape index (κ3) is 6.95. The van der Waals surface area contributed by atoms with Crippen molar-refractivity contribution in [3.8, 4) is 17.1 Å². The van der Waals surface area contributed by atoms with Crippen molar-refractivity contribution in [2.75, 3.05) is 19.8 Å². The molecule has 3 rings (SSSR count). The summed E-state index contributed by atoms with van der Waals surface area (Å²) < 4.78 is 16.3. The molecule has 0 radical (unpaired) electrons. The van der Waals surface area contributed by atoms with E-state index < -0.39 is 5.97 Å². The van der Waals surface area contributed by atoms with Crippen molar-refractivity contribution in [1.82, 2.24) is 4.90 Å². The summed E-state index contributed by atoms with van der Waals surface area (Å²) in [7, 11) is 0. The average Bonchev–Trinajstić information content (AvgIpc) is 3.35. The first-order valence-corrected chi connectivity index (χ1v) is 10.9. The minimum Gasteiger partial charge on any atom is -0.493 e. The van der Waals surface area contributed by atoms with Crippen molar-refractivity contribution >= 4 is 11.9 Å². The van der Waals surface area contributed by atoms with Crippen LogP contribution in [0.5, 0.6) is 5.75 Å². The van der Waals surface area contributed by atoms with E-state index in [0.717, 1.165) is 16.9 Å². The fourth-order valence-electron chi connectivity index (χ4n) is 3.34. The highest BCUT2D eigenvalue weighted by molar-refractivity contribution is 5.94. The minimum absolute atomic E-state index is 0.0141. The van der Waals surface area contributed by atoms with Crippen molar-refractivity contribution in [2.24, 2.45) is 0 Å². The van der Waals surface area contributed by atoms with E-state index in [0.29, 0.717) is 37.5 Å². The molecule has 1 amide bonds. The van der Waals surface area contributed by atoms with Crippen LogP contribution in [0.15, 0.2) is 71.3 Å². The van der Waals surface area contributed by atoms with Crippen LogP contribution in [-0.2, 0) is 16.1 Å². The van der Waals surface area contributed by atoms with Gasteiger partial charge in [-0.1, -0.05) is 30.3 Å². The van der Waals surface area contributed by atoms with Crippen LogP contribution >= 0.6 is 0 Å². The molecular formula is C26H29NO6. The standard InChI is InChI=1S/C26H29NO6/c1-19(2)27(26(30)21-12-10-20(11-13-21)23-9-5-15-32-23)17-22-7-3-4-8-24(22)33-16-6-14-31-18-25(28)29/h3-5,7-13,15,19H,6,14,16-18H2,1-2H3,(H,28,29). The van der Waals surface area contributed by atoms with Crippen LogP contribution < -0.4 is 4.74 Å². The van der Waals surface area contributed by atoms with Gasteiger partial charge in [-0.2, -0.15) is 0 Å². The second-order valence-corrected chi connectivity index (χ2v) is 7.84. The summed E-state index contributed by atoms with van der Waals surface area (Å²) >= 11 is 0. The molecule has 0 atom stereocenters. The van der Waals surface area contributed by atoms with E-state index in [2.05, 4.69) is 0 Å². The third-order valence-electron chi connectivity index (χ3n) is 5.05. The lowest BCUT2D eigenvalue weighted by atomic mass is 10.1. The normalized spacial score (nSPS) is 10.9. The van der Waals surface area contributed by atoms with Gasteiger partial charge in [0.2, 0.25) is 0 Å². The van der Waals surface area contributed by atoms with E-state index in [-0.39, 0.29) is 18.6 Å². The Kier molecular flexibility index (Phi) is 8.66. The molecule has 7 heteroatoms. The Morgan fingerprint density at radius 2 is 1.76 bits per heavy atom. The van der Waals surface area contributed by atoms with E-state index in [9.17, 15) is 9.59 Å². The van der Waals surface area contributed by atoms with Gasteiger partial charge in [0.1, 0.15) is 18.1 Å². The number of aliphatic carboxylic acids is 1. The lowest BCUT2D eigenvalue weighted by Gasteiger charge is -2.28. The average molecular weight is 452 g/mol. The molecule has 0 aliphatic rings. The molecule has 1 N–H and O–H groups in total. The van der Waals surface area contributed by atoms with Crippen LogP contribution in [0.3, 0.4) is 0 Å². The number of benzene rings is 2. The van der Waals surface area contributed by atoms with Gasteiger partial charge in [0.25, 0.3) is 5.91 Å². The fraction of sp³-hybridized carbons (Fsp3) is 0.308. The summed E-state index contributed by atoms with van der Waals surface area (Å²) in [5.41, 5.74) is 2.42. The monoisotopic (exact) mass is 451 g/mol. The van der Waals surface area contributed by atoms with Crippen LogP contribution in [-0.4, -0.2) is 47.7 Å². The molecule has 2 aromatic carbocycles. The number of furan rings is 1. The van der Waals surface area contributed by atoms with Crippen molar-refractivity contribution in [3.05, 3.63) is 78.1 Å². The van der Waals surface area contributed by atoms with Gasteiger partial charge in [-0.15, -0.1) is 0 Å². The highest BCUT2D eigenvalue weighted by atomic mass is 16.5. The third-order valence-corrected chi connectivity index (χ3v) is 5.05. The van der Waals surface area contributed by atoms with E-state index >= 15 is 0 Å². The Bertz CT molecular complexity index is 1030. The Hall–Kier alpha value is -3.58. The predicted octanol–water partition coefficient (Wildman–Crippen LogP) is 4.87. The number of carbonyl (C=O) groups is 2. The molecule has 1 aromatic heterocycles. The zero-order chi connectivity index (χ0) is 23.6. The summed E-state index contributed by atoms with van der Waals surface area (Å²) in [5, 5.41) is 8.60. The van der Waals surface area contributed by atoms with Gasteiger partial charge in [-0.3, -0.25) is 4.79 Å². The van der Waals surface area contributed by atoms with Crippen LogP contribution in [0, 0.1) is 0 Å². The van der Waals surface area contributed by atoms with Gasteiger partial charge in [-0.25, -0.2) is 4.79 Å². The number of ether oxygens (including phenoxy) is 2. The first kappa shape index (κ1) is 24.1. The highest BCUT2D eigenvalue weighted by Crippen LogP contribution is 2.24. The number of para-hydroxylation sites is 1. The largest absolute Gasteiger partial charge is 0.493 e. The van der Waals surface area contributed by atoms with Crippen molar-refractivity contribution < 1.29 is 28.6 Å². The summed E-state index contributed by atoms with van der Waals surface area (Å²) in [6.45, 7) is 4.75. The molecule has 33 heavy (non-hydrogen) atoms. The summed E-state index contributed by atoms with van der Waals surface area (Å²) in [6.07, 6.45) is 2.19. The van der Waals surface area contributed by atoms with Crippen molar-refractivity contribution in [3.63, 3.8) is 0 Å². The lowest BCUT2D eigenvalue weighted by Crippen LogP contribution is -2.36. The summed E-state index contributed by atoms with van der Waals surface area (Å²) in [4.78, 5) is 25.6. The van der Waals surface area contributed by atoms with Crippen LogP contribution in [0.4, 0.5) is 0 Å². The van der Waals surface area contributed by atoms with Crippen molar-refractivity contribution in [2.45, 2.75) is 32.9 Å². The number of carboxylic acid groups (broad SMARTS) is 1. The molecule has 7 nitrogen and oxygen atoms in total. The highest BCUT2D eigenvalue weighted by Gasteiger charge is 2.21. The zero-order valence-electron chi connectivity index (χ0n) is 18.9. The second kappa shape index (κ2) is 11.9. The molecule has 0 spiro atoms. The molecule has 0 bridgehead atoms. The first-order valence-electron chi connectivity index (χ1n) is 10.9. The quantitative estimate of drug-likeness (QED) is 0.395. The van der Waals surface area contributed by atoms with E-state index in [1.54, 1.807) is 11.2 Å². The molecule has 3 aromatic rings. The molecule has 0 aliphatic heterocycles. The number of amides is 1. The molecule has 0 saturated carbocycles. The van der Waals surface area contributed by atoms with Gasteiger partial charge in [0, 0.05) is 35.7 Å². The minimum atomic E-state index is -0.990.